The zero-order valence-electron chi connectivity index (χ0n) is 8.25. The summed E-state index contributed by atoms with van der Waals surface area (Å²) in [5.74, 6) is 0.363. The molecular formula is C12H16O. The zero-order chi connectivity index (χ0) is 9.47. The lowest BCUT2D eigenvalue weighted by molar-refractivity contribution is -0.00943. The highest BCUT2D eigenvalue weighted by molar-refractivity contribution is 5.34. The Labute approximate surface area is 79.4 Å². The lowest BCUT2D eigenvalue weighted by Gasteiger charge is -2.36. The van der Waals surface area contributed by atoms with Crippen molar-refractivity contribution in [2.24, 2.45) is 5.92 Å². The van der Waals surface area contributed by atoms with Gasteiger partial charge in [0.1, 0.15) is 0 Å². The molecule has 2 unspecified atom stereocenters. The van der Waals surface area contributed by atoms with Gasteiger partial charge in [0, 0.05) is 0 Å². The SMILES string of the molecule is CC1CCc2ccccc2C1(C)O. The fraction of sp³-hybridized carbons (Fsp3) is 0.500. The smallest absolute Gasteiger partial charge is 0.0896 e. The molecule has 2 rings (SSSR count). The number of benzene rings is 1. The molecule has 1 heteroatoms. The minimum Gasteiger partial charge on any atom is -0.385 e. The van der Waals surface area contributed by atoms with Crippen LogP contribution in [0.3, 0.4) is 0 Å². The van der Waals surface area contributed by atoms with Crippen molar-refractivity contribution in [1.29, 1.82) is 0 Å². The van der Waals surface area contributed by atoms with Crippen molar-refractivity contribution in [2.45, 2.75) is 32.3 Å². The van der Waals surface area contributed by atoms with Crippen molar-refractivity contribution in [3.05, 3.63) is 35.4 Å². The molecule has 1 aromatic carbocycles. The van der Waals surface area contributed by atoms with E-state index in [9.17, 15) is 5.11 Å². The summed E-state index contributed by atoms with van der Waals surface area (Å²) in [6, 6.07) is 8.22. The van der Waals surface area contributed by atoms with Crippen molar-refractivity contribution in [2.75, 3.05) is 0 Å². The van der Waals surface area contributed by atoms with Gasteiger partial charge in [-0.15, -0.1) is 0 Å². The van der Waals surface area contributed by atoms with Gasteiger partial charge in [-0.3, -0.25) is 0 Å². The average molecular weight is 176 g/mol. The number of aryl methyl sites for hydroxylation is 1. The molecular weight excluding hydrogens is 160 g/mol. The van der Waals surface area contributed by atoms with E-state index in [0.29, 0.717) is 5.92 Å². The molecule has 0 bridgehead atoms. The van der Waals surface area contributed by atoms with Crippen molar-refractivity contribution in [1.82, 2.24) is 0 Å². The molecule has 1 aliphatic rings. The maximum atomic E-state index is 10.3. The third-order valence-corrected chi connectivity index (χ3v) is 3.37. The Morgan fingerprint density at radius 3 is 2.85 bits per heavy atom. The van der Waals surface area contributed by atoms with Crippen LogP contribution in [-0.2, 0) is 12.0 Å². The number of hydrogen-bond acceptors (Lipinski definition) is 1. The van der Waals surface area contributed by atoms with E-state index >= 15 is 0 Å². The molecule has 0 amide bonds. The predicted octanol–water partition coefficient (Wildman–Crippen LogP) is 2.48. The zero-order valence-corrected chi connectivity index (χ0v) is 8.25. The van der Waals surface area contributed by atoms with E-state index in [1.807, 2.05) is 25.1 Å². The summed E-state index contributed by atoms with van der Waals surface area (Å²) in [5, 5.41) is 10.3. The van der Waals surface area contributed by atoms with E-state index < -0.39 is 5.60 Å². The van der Waals surface area contributed by atoms with Crippen LogP contribution in [0.1, 0.15) is 31.4 Å². The van der Waals surface area contributed by atoms with Crippen LogP contribution >= 0.6 is 0 Å². The van der Waals surface area contributed by atoms with Gasteiger partial charge in [0.15, 0.2) is 0 Å². The molecule has 0 radical (unpaired) electrons. The standard InChI is InChI=1S/C12H16O/c1-9-7-8-10-5-3-4-6-11(10)12(9,2)13/h3-6,9,13H,7-8H2,1-2H3. The summed E-state index contributed by atoms with van der Waals surface area (Å²) in [5.41, 5.74) is 1.80. The van der Waals surface area contributed by atoms with E-state index in [1.54, 1.807) is 0 Å². The molecule has 1 aliphatic carbocycles. The second-order valence-electron chi connectivity index (χ2n) is 4.24. The molecule has 70 valence electrons. The average Bonchev–Trinajstić information content (AvgIpc) is 2.13. The highest BCUT2D eigenvalue weighted by Gasteiger charge is 2.35. The summed E-state index contributed by atoms with van der Waals surface area (Å²) in [6.45, 7) is 4.05. The van der Waals surface area contributed by atoms with Gasteiger partial charge in [-0.25, -0.2) is 0 Å². The first kappa shape index (κ1) is 8.76. The summed E-state index contributed by atoms with van der Waals surface area (Å²) in [7, 11) is 0. The molecule has 0 saturated heterocycles. The second-order valence-corrected chi connectivity index (χ2v) is 4.24. The fourth-order valence-electron chi connectivity index (χ4n) is 2.15. The van der Waals surface area contributed by atoms with Crippen molar-refractivity contribution in [3.8, 4) is 0 Å². The highest BCUT2D eigenvalue weighted by Crippen LogP contribution is 2.38. The summed E-state index contributed by atoms with van der Waals surface area (Å²) in [6.07, 6.45) is 2.19. The van der Waals surface area contributed by atoms with E-state index in [-0.39, 0.29) is 0 Å². The first-order chi connectivity index (χ1) is 6.12. The molecule has 1 nitrogen and oxygen atoms in total. The van der Waals surface area contributed by atoms with Gasteiger partial charge >= 0.3 is 0 Å². The molecule has 13 heavy (non-hydrogen) atoms. The van der Waals surface area contributed by atoms with Crippen molar-refractivity contribution >= 4 is 0 Å². The van der Waals surface area contributed by atoms with Crippen LogP contribution in [0, 0.1) is 5.92 Å². The Morgan fingerprint density at radius 1 is 1.38 bits per heavy atom. The normalized spacial score (nSPS) is 32.7. The van der Waals surface area contributed by atoms with Gasteiger partial charge in [-0.2, -0.15) is 0 Å². The molecule has 0 saturated carbocycles. The number of hydrogen-bond donors (Lipinski definition) is 1. The molecule has 0 aromatic heterocycles. The largest absolute Gasteiger partial charge is 0.385 e. The van der Waals surface area contributed by atoms with E-state index in [0.717, 1.165) is 18.4 Å². The molecule has 0 fully saturated rings. The lowest BCUT2D eigenvalue weighted by Crippen LogP contribution is -2.34. The van der Waals surface area contributed by atoms with Gasteiger partial charge < -0.3 is 5.11 Å². The Kier molecular flexibility index (Phi) is 1.92. The van der Waals surface area contributed by atoms with Crippen LogP contribution in [-0.4, -0.2) is 5.11 Å². The summed E-state index contributed by atoms with van der Waals surface area (Å²) in [4.78, 5) is 0. The molecule has 2 atom stereocenters. The minimum atomic E-state index is -0.630. The highest BCUT2D eigenvalue weighted by atomic mass is 16.3. The van der Waals surface area contributed by atoms with Gasteiger partial charge in [-0.1, -0.05) is 31.2 Å². The molecule has 0 spiro atoms. The van der Waals surface area contributed by atoms with Gasteiger partial charge in [0.2, 0.25) is 0 Å². The topological polar surface area (TPSA) is 20.2 Å². The van der Waals surface area contributed by atoms with Gasteiger partial charge in [0.05, 0.1) is 5.60 Å². The molecule has 0 aliphatic heterocycles. The maximum absolute atomic E-state index is 10.3. The molecule has 1 aromatic rings. The molecule has 0 heterocycles. The van der Waals surface area contributed by atoms with Crippen molar-refractivity contribution in [3.63, 3.8) is 0 Å². The van der Waals surface area contributed by atoms with Crippen molar-refractivity contribution < 1.29 is 5.11 Å². The van der Waals surface area contributed by atoms with Crippen LogP contribution in [0.4, 0.5) is 0 Å². The fourth-order valence-corrected chi connectivity index (χ4v) is 2.15. The monoisotopic (exact) mass is 176 g/mol. The number of aliphatic hydroxyl groups is 1. The Hall–Kier alpha value is -0.820. The number of fused-ring (bicyclic) bond motifs is 1. The minimum absolute atomic E-state index is 0.363. The van der Waals surface area contributed by atoms with Crippen LogP contribution in [0.5, 0.6) is 0 Å². The summed E-state index contributed by atoms with van der Waals surface area (Å²) < 4.78 is 0. The Morgan fingerprint density at radius 2 is 2.08 bits per heavy atom. The second kappa shape index (κ2) is 2.85. The molecule has 1 N–H and O–H groups in total. The first-order valence-corrected chi connectivity index (χ1v) is 4.93. The lowest BCUT2D eigenvalue weighted by atomic mass is 9.73. The first-order valence-electron chi connectivity index (χ1n) is 4.93. The summed E-state index contributed by atoms with van der Waals surface area (Å²) >= 11 is 0. The Bertz CT molecular complexity index is 315. The van der Waals surface area contributed by atoms with E-state index in [4.69, 9.17) is 0 Å². The quantitative estimate of drug-likeness (QED) is 0.644. The van der Waals surface area contributed by atoms with Gasteiger partial charge in [0.25, 0.3) is 0 Å². The van der Waals surface area contributed by atoms with E-state index in [1.165, 1.54) is 5.56 Å². The van der Waals surface area contributed by atoms with Crippen LogP contribution < -0.4 is 0 Å². The maximum Gasteiger partial charge on any atom is 0.0896 e. The van der Waals surface area contributed by atoms with Crippen LogP contribution in [0.15, 0.2) is 24.3 Å². The van der Waals surface area contributed by atoms with Crippen LogP contribution in [0.25, 0.3) is 0 Å². The Balaban J connectivity index is 2.52. The van der Waals surface area contributed by atoms with E-state index in [2.05, 4.69) is 13.0 Å². The third kappa shape index (κ3) is 1.28. The van der Waals surface area contributed by atoms with Crippen LogP contribution in [0.2, 0.25) is 0 Å². The van der Waals surface area contributed by atoms with Gasteiger partial charge in [-0.05, 0) is 36.8 Å². The third-order valence-electron chi connectivity index (χ3n) is 3.37. The predicted molar refractivity (Wildman–Crippen MR) is 53.5 cm³/mol. The number of rotatable bonds is 0.